The van der Waals surface area contributed by atoms with E-state index in [1.54, 1.807) is 4.68 Å². The van der Waals surface area contributed by atoms with E-state index in [4.69, 9.17) is 9.51 Å². The average molecular weight is 309 g/mol. The molecule has 3 aromatic heterocycles. The lowest BCUT2D eigenvalue weighted by molar-refractivity contribution is 0.272. The molecule has 0 radical (unpaired) electrons. The number of nitrogens with zero attached hydrogens (tertiary/aromatic N) is 5. The molecule has 0 unspecified atom stereocenters. The van der Waals surface area contributed by atoms with Crippen molar-refractivity contribution >= 4 is 0 Å². The molecule has 1 saturated carbocycles. The van der Waals surface area contributed by atoms with Crippen molar-refractivity contribution in [1.29, 1.82) is 0 Å². The molecule has 1 aliphatic carbocycles. The summed E-state index contributed by atoms with van der Waals surface area (Å²) in [4.78, 5) is 8.81. The van der Waals surface area contributed by atoms with Gasteiger partial charge >= 0.3 is 0 Å². The first-order chi connectivity index (χ1) is 11.2. The Morgan fingerprint density at radius 3 is 2.65 bits per heavy atom. The zero-order valence-electron chi connectivity index (χ0n) is 13.4. The first-order valence-electron chi connectivity index (χ1n) is 8.01. The van der Waals surface area contributed by atoms with Gasteiger partial charge in [0.15, 0.2) is 5.82 Å². The van der Waals surface area contributed by atoms with Crippen LogP contribution in [0.5, 0.6) is 0 Å². The van der Waals surface area contributed by atoms with Crippen molar-refractivity contribution in [3.05, 3.63) is 47.7 Å². The summed E-state index contributed by atoms with van der Waals surface area (Å²) in [6.07, 6.45) is 7.80. The first-order valence-corrected chi connectivity index (χ1v) is 8.01. The lowest BCUT2D eigenvalue weighted by Crippen LogP contribution is -2.36. The second-order valence-electron chi connectivity index (χ2n) is 6.09. The largest absolute Gasteiger partial charge is 0.332 e. The summed E-state index contributed by atoms with van der Waals surface area (Å²) in [6.45, 7) is 2.08. The molecule has 1 aliphatic rings. The van der Waals surface area contributed by atoms with Crippen LogP contribution in [-0.4, -0.2) is 24.9 Å². The summed E-state index contributed by atoms with van der Waals surface area (Å²) < 4.78 is 7.36. The minimum Gasteiger partial charge on any atom is -0.332 e. The minimum atomic E-state index is -0.128. The van der Waals surface area contributed by atoms with E-state index in [2.05, 4.69) is 34.3 Å². The number of rotatable bonds is 4. The highest BCUT2D eigenvalue weighted by Gasteiger charge is 2.44. The molecule has 6 heteroatoms. The molecule has 0 saturated heterocycles. The molecule has 0 N–H and O–H groups in total. The molecule has 0 aliphatic heterocycles. The zero-order chi connectivity index (χ0) is 15.9. The fourth-order valence-electron chi connectivity index (χ4n) is 3.26. The number of hydrogen-bond donors (Lipinski definition) is 0. The SMILES string of the molecule is CCc1cc(-c2nc(C3(c4ccncc4)CCC3)no2)n(C)n1. The Hall–Kier alpha value is -2.50. The van der Waals surface area contributed by atoms with Gasteiger partial charge in [0.25, 0.3) is 5.89 Å². The molecular weight excluding hydrogens is 290 g/mol. The molecule has 0 amide bonds. The highest BCUT2D eigenvalue weighted by atomic mass is 16.5. The van der Waals surface area contributed by atoms with Crippen LogP contribution in [0.15, 0.2) is 35.1 Å². The van der Waals surface area contributed by atoms with E-state index in [0.29, 0.717) is 5.89 Å². The summed E-state index contributed by atoms with van der Waals surface area (Å²) in [5, 5.41) is 8.74. The molecule has 4 rings (SSSR count). The summed E-state index contributed by atoms with van der Waals surface area (Å²) in [7, 11) is 1.90. The Bertz CT molecular complexity index is 817. The van der Waals surface area contributed by atoms with Gasteiger partial charge < -0.3 is 4.52 Å². The topological polar surface area (TPSA) is 69.6 Å². The normalized spacial score (nSPS) is 16.3. The fraction of sp³-hybridized carbons (Fsp3) is 0.412. The number of aromatic nitrogens is 5. The van der Waals surface area contributed by atoms with Gasteiger partial charge in [-0.15, -0.1) is 0 Å². The predicted octanol–water partition coefficient (Wildman–Crippen LogP) is 2.90. The minimum absolute atomic E-state index is 0.128. The third-order valence-electron chi connectivity index (χ3n) is 4.81. The van der Waals surface area contributed by atoms with Crippen LogP contribution in [0.1, 0.15) is 43.3 Å². The quantitative estimate of drug-likeness (QED) is 0.741. The van der Waals surface area contributed by atoms with Gasteiger partial charge in [-0.3, -0.25) is 9.67 Å². The smallest absolute Gasteiger partial charge is 0.276 e. The molecule has 6 nitrogen and oxygen atoms in total. The Morgan fingerprint density at radius 2 is 2.04 bits per heavy atom. The Labute approximate surface area is 134 Å². The van der Waals surface area contributed by atoms with E-state index in [-0.39, 0.29) is 5.41 Å². The average Bonchev–Trinajstić information content (AvgIpc) is 3.14. The van der Waals surface area contributed by atoms with Crippen LogP contribution in [0.3, 0.4) is 0 Å². The van der Waals surface area contributed by atoms with E-state index < -0.39 is 0 Å². The molecule has 0 atom stereocenters. The van der Waals surface area contributed by atoms with E-state index >= 15 is 0 Å². The van der Waals surface area contributed by atoms with Gasteiger partial charge in [0.05, 0.1) is 11.1 Å². The van der Waals surface area contributed by atoms with Gasteiger partial charge in [-0.2, -0.15) is 10.1 Å². The molecule has 1 fully saturated rings. The summed E-state index contributed by atoms with van der Waals surface area (Å²) >= 11 is 0. The Morgan fingerprint density at radius 1 is 1.26 bits per heavy atom. The molecule has 3 heterocycles. The molecular formula is C17H19N5O. The van der Waals surface area contributed by atoms with Crippen molar-refractivity contribution in [1.82, 2.24) is 24.9 Å². The summed E-state index contributed by atoms with van der Waals surface area (Å²) in [6, 6.07) is 6.11. The standard InChI is InChI=1S/C17H19N5O/c1-3-13-11-14(22(2)20-13)15-19-16(21-23-15)17(7-4-8-17)12-5-9-18-10-6-12/h5-6,9-11H,3-4,7-8H2,1-2H3. The monoisotopic (exact) mass is 309 g/mol. The molecule has 23 heavy (non-hydrogen) atoms. The third kappa shape index (κ3) is 2.17. The maximum Gasteiger partial charge on any atom is 0.276 e. The Kier molecular flexibility index (Phi) is 3.25. The Balaban J connectivity index is 1.74. The van der Waals surface area contributed by atoms with E-state index in [1.165, 1.54) is 12.0 Å². The van der Waals surface area contributed by atoms with Crippen LogP contribution in [0.25, 0.3) is 11.6 Å². The summed E-state index contributed by atoms with van der Waals surface area (Å²) in [5.74, 6) is 1.30. The van der Waals surface area contributed by atoms with Gasteiger partial charge in [0, 0.05) is 19.4 Å². The van der Waals surface area contributed by atoms with Crippen LogP contribution in [0.2, 0.25) is 0 Å². The van der Waals surface area contributed by atoms with Crippen molar-refractivity contribution in [2.24, 2.45) is 7.05 Å². The molecule has 3 aromatic rings. The van der Waals surface area contributed by atoms with E-state index in [0.717, 1.165) is 36.5 Å². The number of pyridine rings is 1. The highest BCUT2D eigenvalue weighted by Crippen LogP contribution is 2.47. The van der Waals surface area contributed by atoms with Crippen molar-refractivity contribution in [3.63, 3.8) is 0 Å². The van der Waals surface area contributed by atoms with Gasteiger partial charge in [0.2, 0.25) is 0 Å². The van der Waals surface area contributed by atoms with Crippen molar-refractivity contribution in [3.8, 4) is 11.6 Å². The van der Waals surface area contributed by atoms with Gasteiger partial charge in [-0.25, -0.2) is 0 Å². The molecule has 118 valence electrons. The number of aryl methyl sites for hydroxylation is 2. The van der Waals surface area contributed by atoms with Crippen LogP contribution in [0, 0.1) is 0 Å². The maximum atomic E-state index is 5.56. The van der Waals surface area contributed by atoms with E-state index in [9.17, 15) is 0 Å². The lowest BCUT2D eigenvalue weighted by atomic mass is 9.64. The molecule has 0 spiro atoms. The first kappa shape index (κ1) is 14.1. The second kappa shape index (κ2) is 5.30. The predicted molar refractivity (Wildman–Crippen MR) is 84.7 cm³/mol. The lowest BCUT2D eigenvalue weighted by Gasteiger charge is -2.39. The van der Waals surface area contributed by atoms with E-state index in [1.807, 2.05) is 25.5 Å². The van der Waals surface area contributed by atoms with Gasteiger partial charge in [0.1, 0.15) is 5.69 Å². The zero-order valence-corrected chi connectivity index (χ0v) is 13.4. The molecule has 0 bridgehead atoms. The third-order valence-corrected chi connectivity index (χ3v) is 4.81. The van der Waals surface area contributed by atoms with Crippen molar-refractivity contribution < 1.29 is 4.52 Å². The highest BCUT2D eigenvalue weighted by molar-refractivity contribution is 5.49. The van der Waals surface area contributed by atoms with Crippen LogP contribution >= 0.6 is 0 Å². The van der Waals surface area contributed by atoms with Crippen LogP contribution < -0.4 is 0 Å². The van der Waals surface area contributed by atoms with Gasteiger partial charge in [-0.1, -0.05) is 18.5 Å². The van der Waals surface area contributed by atoms with Crippen molar-refractivity contribution in [2.45, 2.75) is 38.0 Å². The number of hydrogen-bond acceptors (Lipinski definition) is 5. The van der Waals surface area contributed by atoms with Crippen LogP contribution in [-0.2, 0) is 18.9 Å². The second-order valence-corrected chi connectivity index (χ2v) is 6.09. The van der Waals surface area contributed by atoms with Crippen LogP contribution in [0.4, 0.5) is 0 Å². The summed E-state index contributed by atoms with van der Waals surface area (Å²) in [5.41, 5.74) is 2.97. The van der Waals surface area contributed by atoms with Crippen molar-refractivity contribution in [2.75, 3.05) is 0 Å². The fourth-order valence-corrected chi connectivity index (χ4v) is 3.26. The maximum absolute atomic E-state index is 5.56. The van der Waals surface area contributed by atoms with Gasteiger partial charge in [-0.05, 0) is 43.0 Å². The molecule has 0 aromatic carbocycles.